The van der Waals surface area contributed by atoms with Crippen LogP contribution in [0.5, 0.6) is 5.75 Å². The summed E-state index contributed by atoms with van der Waals surface area (Å²) in [7, 11) is 0. The van der Waals surface area contributed by atoms with Crippen LogP contribution in [0.2, 0.25) is 0 Å². The lowest BCUT2D eigenvalue weighted by atomic mass is 10.1. The van der Waals surface area contributed by atoms with E-state index in [-0.39, 0.29) is 24.4 Å². The van der Waals surface area contributed by atoms with E-state index < -0.39 is 24.0 Å². The van der Waals surface area contributed by atoms with E-state index >= 15 is 0 Å². The van der Waals surface area contributed by atoms with Gasteiger partial charge in [0, 0.05) is 18.7 Å². The number of aromatic hydroxyl groups is 1. The Morgan fingerprint density at radius 1 is 0.800 bits per heavy atom. The third kappa shape index (κ3) is 5.03. The highest BCUT2D eigenvalue weighted by molar-refractivity contribution is 5.76. The zero-order chi connectivity index (χ0) is 18.2. The first-order valence-corrected chi connectivity index (χ1v) is 7.76. The van der Waals surface area contributed by atoms with Crippen molar-refractivity contribution in [3.05, 3.63) is 65.7 Å². The molecule has 25 heavy (non-hydrogen) atoms. The number of carboxylic acids is 2. The molecule has 0 radical (unpaired) electrons. The number of benzene rings is 2. The van der Waals surface area contributed by atoms with E-state index in [9.17, 15) is 24.9 Å². The van der Waals surface area contributed by atoms with Gasteiger partial charge in [-0.05, 0) is 11.6 Å². The number of aliphatic carboxylic acids is 2. The SMILES string of the molecule is O=C(O)C(NCCNC(C(=O)O)c1ccccc1O)c1ccccc1. The van der Waals surface area contributed by atoms with Crippen molar-refractivity contribution in [2.75, 3.05) is 13.1 Å². The van der Waals surface area contributed by atoms with Gasteiger partial charge >= 0.3 is 11.9 Å². The molecule has 7 nitrogen and oxygen atoms in total. The van der Waals surface area contributed by atoms with Gasteiger partial charge in [-0.2, -0.15) is 0 Å². The molecule has 2 aromatic rings. The number of phenolic OH excluding ortho intramolecular Hbond substituents is 1. The van der Waals surface area contributed by atoms with Crippen molar-refractivity contribution in [2.24, 2.45) is 0 Å². The molecule has 0 aliphatic carbocycles. The van der Waals surface area contributed by atoms with Crippen LogP contribution in [0, 0.1) is 0 Å². The Bertz CT molecular complexity index is 720. The van der Waals surface area contributed by atoms with E-state index in [1.807, 2.05) is 0 Å². The van der Waals surface area contributed by atoms with Gasteiger partial charge in [0.15, 0.2) is 0 Å². The number of nitrogens with one attached hydrogen (secondary N) is 2. The Morgan fingerprint density at radius 2 is 1.32 bits per heavy atom. The summed E-state index contributed by atoms with van der Waals surface area (Å²) in [6, 6.07) is 13.0. The summed E-state index contributed by atoms with van der Waals surface area (Å²) in [6.45, 7) is 0.450. The molecule has 5 N–H and O–H groups in total. The van der Waals surface area contributed by atoms with Gasteiger partial charge in [-0.1, -0.05) is 48.5 Å². The van der Waals surface area contributed by atoms with Crippen molar-refractivity contribution in [2.45, 2.75) is 12.1 Å². The van der Waals surface area contributed by atoms with E-state index in [0.29, 0.717) is 5.56 Å². The average Bonchev–Trinajstić information content (AvgIpc) is 2.59. The molecule has 0 aliphatic rings. The molecule has 0 saturated carbocycles. The maximum absolute atomic E-state index is 11.4. The number of para-hydroxylation sites is 1. The second-order valence-electron chi connectivity index (χ2n) is 5.42. The molecule has 0 aromatic heterocycles. The minimum Gasteiger partial charge on any atom is -0.508 e. The second kappa shape index (κ2) is 8.81. The van der Waals surface area contributed by atoms with Gasteiger partial charge in [0.1, 0.15) is 17.8 Å². The predicted octanol–water partition coefficient (Wildman–Crippen LogP) is 1.52. The van der Waals surface area contributed by atoms with Crippen molar-refractivity contribution in [3.8, 4) is 5.75 Å². The van der Waals surface area contributed by atoms with Crippen molar-refractivity contribution in [3.63, 3.8) is 0 Å². The highest BCUT2D eigenvalue weighted by Gasteiger charge is 2.23. The molecular weight excluding hydrogens is 324 g/mol. The first-order valence-electron chi connectivity index (χ1n) is 7.76. The largest absolute Gasteiger partial charge is 0.508 e. The smallest absolute Gasteiger partial charge is 0.325 e. The van der Waals surface area contributed by atoms with Gasteiger partial charge < -0.3 is 15.3 Å². The number of hydrogen-bond acceptors (Lipinski definition) is 5. The standard InChI is InChI=1S/C18H20N2O5/c21-14-9-5-4-8-13(14)16(18(24)25)20-11-10-19-15(17(22)23)12-6-2-1-3-7-12/h1-9,15-16,19-21H,10-11H2,(H,22,23)(H,24,25). The molecule has 7 heteroatoms. The predicted molar refractivity (Wildman–Crippen MR) is 91.3 cm³/mol. The van der Waals surface area contributed by atoms with Crippen LogP contribution in [0.1, 0.15) is 23.2 Å². The maximum atomic E-state index is 11.4. The fourth-order valence-corrected chi connectivity index (χ4v) is 2.49. The molecule has 2 aromatic carbocycles. The summed E-state index contributed by atoms with van der Waals surface area (Å²) in [5.74, 6) is -2.25. The minimum absolute atomic E-state index is 0.108. The first kappa shape index (κ1) is 18.4. The average molecular weight is 344 g/mol. The highest BCUT2D eigenvalue weighted by Crippen LogP contribution is 2.23. The summed E-state index contributed by atoms with van der Waals surface area (Å²) in [4.78, 5) is 22.8. The normalized spacial score (nSPS) is 13.1. The maximum Gasteiger partial charge on any atom is 0.325 e. The topological polar surface area (TPSA) is 119 Å². The fraction of sp³-hybridized carbons (Fsp3) is 0.222. The molecule has 0 spiro atoms. The Labute approximate surface area is 144 Å². The van der Waals surface area contributed by atoms with Gasteiger partial charge in [0.25, 0.3) is 0 Å². The lowest BCUT2D eigenvalue weighted by Gasteiger charge is -2.18. The molecule has 2 rings (SSSR count). The van der Waals surface area contributed by atoms with Crippen molar-refractivity contribution < 1.29 is 24.9 Å². The minimum atomic E-state index is -1.13. The van der Waals surface area contributed by atoms with Crippen LogP contribution < -0.4 is 10.6 Å². The molecule has 0 bridgehead atoms. The lowest BCUT2D eigenvalue weighted by Crippen LogP contribution is -2.37. The van der Waals surface area contributed by atoms with Gasteiger partial charge in [-0.15, -0.1) is 0 Å². The first-order chi connectivity index (χ1) is 12.0. The second-order valence-corrected chi connectivity index (χ2v) is 5.42. The molecule has 2 atom stereocenters. The van der Waals surface area contributed by atoms with E-state index in [0.717, 1.165) is 0 Å². The Kier molecular flexibility index (Phi) is 6.50. The van der Waals surface area contributed by atoms with E-state index in [4.69, 9.17) is 0 Å². The van der Waals surface area contributed by atoms with Crippen LogP contribution in [0.4, 0.5) is 0 Å². The van der Waals surface area contributed by atoms with Crippen LogP contribution in [-0.4, -0.2) is 40.3 Å². The van der Waals surface area contributed by atoms with Gasteiger partial charge in [-0.25, -0.2) is 0 Å². The van der Waals surface area contributed by atoms with Crippen molar-refractivity contribution in [1.82, 2.24) is 10.6 Å². The summed E-state index contributed by atoms with van der Waals surface area (Å²) in [6.07, 6.45) is 0. The lowest BCUT2D eigenvalue weighted by molar-refractivity contribution is -0.141. The van der Waals surface area contributed by atoms with Crippen LogP contribution >= 0.6 is 0 Å². The summed E-state index contributed by atoms with van der Waals surface area (Å²) in [5, 5.41) is 34.2. The van der Waals surface area contributed by atoms with Crippen LogP contribution in [0.25, 0.3) is 0 Å². The Hall–Kier alpha value is -2.90. The van der Waals surface area contributed by atoms with E-state index in [1.54, 1.807) is 42.5 Å². The van der Waals surface area contributed by atoms with E-state index in [2.05, 4.69) is 10.6 Å². The summed E-state index contributed by atoms with van der Waals surface area (Å²) >= 11 is 0. The van der Waals surface area contributed by atoms with Crippen molar-refractivity contribution in [1.29, 1.82) is 0 Å². The Balaban J connectivity index is 1.95. The van der Waals surface area contributed by atoms with Crippen molar-refractivity contribution >= 4 is 11.9 Å². The molecule has 2 unspecified atom stereocenters. The number of rotatable bonds is 9. The molecular formula is C18H20N2O5. The Morgan fingerprint density at radius 3 is 1.88 bits per heavy atom. The van der Waals surface area contributed by atoms with Gasteiger partial charge in [-0.3, -0.25) is 20.2 Å². The third-order valence-electron chi connectivity index (χ3n) is 3.70. The molecule has 132 valence electrons. The zero-order valence-electron chi connectivity index (χ0n) is 13.4. The monoisotopic (exact) mass is 344 g/mol. The van der Waals surface area contributed by atoms with Crippen LogP contribution in [0.3, 0.4) is 0 Å². The molecule has 0 saturated heterocycles. The van der Waals surface area contributed by atoms with Crippen LogP contribution in [-0.2, 0) is 9.59 Å². The highest BCUT2D eigenvalue weighted by atomic mass is 16.4. The summed E-state index contributed by atoms with van der Waals surface area (Å²) < 4.78 is 0. The van der Waals surface area contributed by atoms with Crippen LogP contribution in [0.15, 0.2) is 54.6 Å². The van der Waals surface area contributed by atoms with E-state index in [1.165, 1.54) is 12.1 Å². The number of carboxylic acid groups (broad SMARTS) is 2. The van der Waals surface area contributed by atoms with Gasteiger partial charge in [0.2, 0.25) is 0 Å². The quantitative estimate of drug-likeness (QED) is 0.438. The summed E-state index contributed by atoms with van der Waals surface area (Å²) in [5.41, 5.74) is 0.873. The zero-order valence-corrected chi connectivity index (χ0v) is 13.4. The number of carbonyl (C=O) groups is 2. The number of phenols is 1. The molecule has 0 heterocycles. The third-order valence-corrected chi connectivity index (χ3v) is 3.70. The molecule has 0 aliphatic heterocycles. The molecule has 0 fully saturated rings. The molecule has 0 amide bonds. The number of hydrogen-bond donors (Lipinski definition) is 5. The fourth-order valence-electron chi connectivity index (χ4n) is 2.49. The van der Waals surface area contributed by atoms with Gasteiger partial charge in [0.05, 0.1) is 0 Å².